The van der Waals surface area contributed by atoms with Crippen LogP contribution in [0.5, 0.6) is 0 Å². The molecular formula is C31H34F2N10O11P2S2+2. The first-order valence-corrected chi connectivity index (χ1v) is 22.8. The normalized spacial score (nSPS) is 31.7. The highest BCUT2D eigenvalue weighted by molar-refractivity contribution is 8.47. The molecule has 5 N–H and O–H groups in total. The molecule has 21 nitrogen and oxygen atoms in total. The van der Waals surface area contributed by atoms with Crippen molar-refractivity contribution in [1.82, 2.24) is 39.0 Å². The molecular weight excluding hydrogens is 852 g/mol. The number of hydrogen-bond donors (Lipinski definition) is 7. The lowest BCUT2D eigenvalue weighted by Crippen LogP contribution is -2.34. The van der Waals surface area contributed by atoms with Crippen LogP contribution in [0.1, 0.15) is 36.7 Å². The monoisotopic (exact) mass is 886 g/mol. The molecule has 58 heavy (non-hydrogen) atoms. The molecule has 2 amide bonds. The van der Waals surface area contributed by atoms with E-state index in [4.69, 9.17) is 27.6 Å². The summed E-state index contributed by atoms with van der Waals surface area (Å²) in [7, 11) is -8.67. The number of carbonyl (C=O) groups is 2. The molecule has 10 atom stereocenters. The number of H-pyrrole nitrogens is 1. The fourth-order valence-electron chi connectivity index (χ4n) is 6.39. The molecule has 0 radical (unpaired) electrons. The zero-order valence-corrected chi connectivity index (χ0v) is 33.6. The summed E-state index contributed by atoms with van der Waals surface area (Å²) in [6.07, 6.45) is -10.2. The van der Waals surface area contributed by atoms with Crippen molar-refractivity contribution >= 4 is 84.7 Å². The molecule has 3 saturated heterocycles. The highest BCUT2D eigenvalue weighted by atomic mass is 32.7. The topological polar surface area (TPSA) is 261 Å². The Hall–Kier alpha value is -3.84. The quantitative estimate of drug-likeness (QED) is 0.0953. The zero-order valence-electron chi connectivity index (χ0n) is 30.0. The Balaban J connectivity index is 1.06. The van der Waals surface area contributed by atoms with Crippen LogP contribution in [-0.2, 0) is 32.4 Å². The lowest BCUT2D eigenvalue weighted by atomic mass is 10.1. The maximum atomic E-state index is 16.5. The Bertz CT molecular complexity index is 2410. The number of halogens is 2. The van der Waals surface area contributed by atoms with Gasteiger partial charge in [-0.15, -0.1) is 0 Å². The van der Waals surface area contributed by atoms with Gasteiger partial charge in [-0.1, -0.05) is 32.0 Å². The van der Waals surface area contributed by atoms with Gasteiger partial charge in [0.15, 0.2) is 65.2 Å². The van der Waals surface area contributed by atoms with Crippen LogP contribution in [0.15, 0.2) is 54.1 Å². The number of benzene rings is 1. The Morgan fingerprint density at radius 1 is 0.862 bits per heavy atom. The summed E-state index contributed by atoms with van der Waals surface area (Å²) in [5.41, 5.74) is -0.576. The number of imidazole rings is 2. The molecule has 7 heterocycles. The molecule has 3 aliphatic heterocycles. The van der Waals surface area contributed by atoms with E-state index >= 15 is 8.78 Å². The van der Waals surface area contributed by atoms with Gasteiger partial charge in [-0.2, -0.15) is 32.9 Å². The smallest absolute Gasteiger partial charge is 0.346 e. The van der Waals surface area contributed by atoms with E-state index in [1.165, 1.54) is 10.9 Å². The largest absolute Gasteiger partial charge is 0.476 e. The zero-order chi connectivity index (χ0) is 41.1. The average molecular weight is 887 g/mol. The molecule has 0 spiro atoms. The van der Waals surface area contributed by atoms with Gasteiger partial charge < -0.3 is 14.8 Å². The van der Waals surface area contributed by atoms with E-state index in [0.29, 0.717) is 5.56 Å². The van der Waals surface area contributed by atoms with Crippen LogP contribution in [0.2, 0.25) is 0 Å². The van der Waals surface area contributed by atoms with E-state index in [0.717, 1.165) is 17.2 Å². The molecule has 3 aliphatic rings. The van der Waals surface area contributed by atoms with Crippen molar-refractivity contribution in [2.24, 2.45) is 5.92 Å². The second-order valence-electron chi connectivity index (χ2n) is 13.5. The minimum atomic E-state index is -4.36. The van der Waals surface area contributed by atoms with E-state index in [1.54, 1.807) is 44.2 Å². The molecule has 3 fully saturated rings. The van der Waals surface area contributed by atoms with Crippen molar-refractivity contribution in [3.8, 4) is 0 Å². The van der Waals surface area contributed by atoms with Crippen molar-refractivity contribution in [2.75, 3.05) is 23.8 Å². The average Bonchev–Trinajstić information content (AvgIpc) is 3.95. The number of fused-ring (bicyclic) bond motifs is 5. The third-order valence-corrected chi connectivity index (χ3v) is 12.5. The summed E-state index contributed by atoms with van der Waals surface area (Å²) < 4.78 is 69.7. The van der Waals surface area contributed by atoms with Crippen LogP contribution in [0.4, 0.5) is 20.5 Å². The Kier molecular flexibility index (Phi) is 11.3. The van der Waals surface area contributed by atoms with E-state index in [1.807, 2.05) is 0 Å². The number of alkyl halides is 2. The van der Waals surface area contributed by atoms with Crippen LogP contribution in [0, 0.1) is 5.92 Å². The highest BCUT2D eigenvalue weighted by Crippen LogP contribution is 2.67. The summed E-state index contributed by atoms with van der Waals surface area (Å²) in [5.74, 6) is -1.58. The number of carbonyl (C=O) groups excluding carboxylic acids is 2. The van der Waals surface area contributed by atoms with Gasteiger partial charge in [-0.05, 0) is 12.1 Å². The number of amides is 2. The highest BCUT2D eigenvalue weighted by Gasteiger charge is 2.60. The molecule has 5 aromatic rings. The molecule has 2 unspecified atom stereocenters. The summed E-state index contributed by atoms with van der Waals surface area (Å²) in [5, 5.41) is 5.14. The van der Waals surface area contributed by atoms with Crippen LogP contribution < -0.4 is 16.2 Å². The lowest BCUT2D eigenvalue weighted by molar-refractivity contribution is -0.118. The van der Waals surface area contributed by atoms with Gasteiger partial charge in [0.1, 0.15) is 31.7 Å². The number of aromatic amines is 1. The summed E-state index contributed by atoms with van der Waals surface area (Å²) in [6.45, 7) is 1.84. The number of nitrogens with zero attached hydrogens (tertiary/aromatic N) is 7. The summed E-state index contributed by atoms with van der Waals surface area (Å²) >= 11 is 8.31. The van der Waals surface area contributed by atoms with Gasteiger partial charge in [0.25, 0.3) is 11.5 Å². The second-order valence-corrected chi connectivity index (χ2v) is 19.4. The van der Waals surface area contributed by atoms with Crippen molar-refractivity contribution in [3.63, 3.8) is 0 Å². The fourth-order valence-corrected chi connectivity index (χ4v) is 9.36. The van der Waals surface area contributed by atoms with Crippen molar-refractivity contribution in [3.05, 3.63) is 65.2 Å². The summed E-state index contributed by atoms with van der Waals surface area (Å²) in [4.78, 5) is 83.9. The van der Waals surface area contributed by atoms with Crippen LogP contribution in [-0.4, -0.2) is 111 Å². The van der Waals surface area contributed by atoms with Gasteiger partial charge >= 0.3 is 14.3 Å². The molecule has 308 valence electrons. The molecule has 0 aliphatic carbocycles. The first-order chi connectivity index (χ1) is 27.6. The Morgan fingerprint density at radius 3 is 2.21 bits per heavy atom. The number of anilines is 2. The number of ether oxygens (including phenoxy) is 2. The van der Waals surface area contributed by atoms with Gasteiger partial charge in [0, 0.05) is 11.5 Å². The fraction of sp³-hybridized carbons (Fsp3) is 0.419. The van der Waals surface area contributed by atoms with E-state index in [2.05, 4.69) is 65.0 Å². The SMILES string of the molecule is CC(C)C(=O)Nc1nc2c(ncn2[C@@H]2O[C@@H]3CO[P+](O)(S)O[C@H]4[C@@H](F)[C@H](n5cnc6c(NC(=O)c7ccccc7)ncnc65)O[C@@H]4CO[P+](O)(S)O[C@@H]2[C@@H]3F)c(=O)[nH]1. The first kappa shape index (κ1) is 40.9. The number of thiol groups is 2. The predicted octanol–water partition coefficient (Wildman–Crippen LogP) is 3.29. The molecule has 1 aromatic carbocycles. The van der Waals surface area contributed by atoms with Gasteiger partial charge in [0.2, 0.25) is 11.9 Å². The van der Waals surface area contributed by atoms with Crippen LogP contribution in [0.3, 0.4) is 0 Å². The summed E-state index contributed by atoms with van der Waals surface area (Å²) in [6, 6.07) is 8.34. The van der Waals surface area contributed by atoms with Crippen molar-refractivity contribution < 1.29 is 55.7 Å². The molecule has 4 aromatic heterocycles. The number of hydrogen-bond acceptors (Lipinski definition) is 18. The maximum Gasteiger partial charge on any atom is 0.476 e. The number of aromatic nitrogens is 8. The van der Waals surface area contributed by atoms with Crippen LogP contribution in [0.25, 0.3) is 22.3 Å². The van der Waals surface area contributed by atoms with Gasteiger partial charge in [-0.25, -0.2) is 28.7 Å². The van der Waals surface area contributed by atoms with Crippen molar-refractivity contribution in [1.29, 1.82) is 0 Å². The number of nitrogens with one attached hydrogen (secondary N) is 3. The minimum Gasteiger partial charge on any atom is -0.346 e. The molecule has 2 bridgehead atoms. The standard InChI is InChI=1S/C31H32F2N10O11P2S2/c1-13(2)26(44)40-31-39-25-20(28(46)41-31)37-12-43(25)30-22-17(32)15(51-30)8-49-55(47,57)53-21-16(9-50-56(48,58)54-22)52-29(18(21)33)42-11-36-19-23(34-10-35-24(19)42)38-27(45)14-6-4-3-5-7-14/h3-7,10-13,15-18,21-22,29-30,47-48,57-58H,8-9H2,1-2H3,(H-2,34,35,38,39,40,41,44,45,46)/p+2/t15-,16-,17-,18-,21-,22-,29-,30-,55?,56?/m1/s1. The third-order valence-electron chi connectivity index (χ3n) is 9.24. The second kappa shape index (κ2) is 16.0. The lowest BCUT2D eigenvalue weighted by Gasteiger charge is -2.23. The molecule has 8 rings (SSSR count). The van der Waals surface area contributed by atoms with E-state index in [-0.39, 0.29) is 34.1 Å². The third kappa shape index (κ3) is 8.06. The molecule has 27 heteroatoms. The van der Waals surface area contributed by atoms with E-state index < -0.39 is 100 Å². The Morgan fingerprint density at radius 2 is 1.50 bits per heavy atom. The van der Waals surface area contributed by atoms with Crippen molar-refractivity contribution in [2.45, 2.75) is 63.1 Å². The predicted molar refractivity (Wildman–Crippen MR) is 207 cm³/mol. The van der Waals surface area contributed by atoms with Gasteiger partial charge in [0.05, 0.1) is 37.2 Å². The minimum absolute atomic E-state index is 0.0326. The first-order valence-electron chi connectivity index (χ1n) is 17.3. The Labute approximate surface area is 336 Å². The molecule has 0 saturated carbocycles. The van der Waals surface area contributed by atoms with Gasteiger partial charge in [-0.3, -0.25) is 33.8 Å². The van der Waals surface area contributed by atoms with E-state index in [9.17, 15) is 24.2 Å². The van der Waals surface area contributed by atoms with Crippen LogP contribution >= 0.6 is 38.8 Å². The maximum absolute atomic E-state index is 16.5. The number of rotatable bonds is 6.